The molecular weight excluding hydrogens is 210 g/mol. The Kier molecular flexibility index (Phi) is 2.44. The maximum atomic E-state index is 10.6. The van der Waals surface area contributed by atoms with Crippen LogP contribution < -0.4 is 9.67 Å². The maximum Gasteiger partial charge on any atom is 0.235 e. The van der Waals surface area contributed by atoms with Gasteiger partial charge in [0, 0.05) is 12.5 Å². The average Bonchev–Trinajstić information content (AvgIpc) is 2.43. The Bertz CT molecular complexity index is 531. The number of para-hydroxylation sites is 1. The second kappa shape index (κ2) is 3.62. The molecule has 1 heterocycles. The van der Waals surface area contributed by atoms with Gasteiger partial charge in [0.2, 0.25) is 10.5 Å². The van der Waals surface area contributed by atoms with E-state index in [4.69, 9.17) is 0 Å². The lowest BCUT2D eigenvalue weighted by atomic mass is 10.2. The Hall–Kier alpha value is -1.42. The molecule has 0 aliphatic rings. The van der Waals surface area contributed by atoms with Gasteiger partial charge in [0.25, 0.3) is 0 Å². The Balaban J connectivity index is 2.71. The van der Waals surface area contributed by atoms with Gasteiger partial charge >= 0.3 is 0 Å². The van der Waals surface area contributed by atoms with Gasteiger partial charge in [-0.3, -0.25) is 0 Å². The summed E-state index contributed by atoms with van der Waals surface area (Å²) in [5.74, 6) is -1.05. The van der Waals surface area contributed by atoms with Crippen LogP contribution in [0.3, 0.4) is 0 Å². The second-order valence-electron chi connectivity index (χ2n) is 3.50. The number of aliphatic carboxylic acids is 1. The van der Waals surface area contributed by atoms with Gasteiger partial charge in [-0.15, -0.1) is 0 Å². The highest BCUT2D eigenvalue weighted by atomic mass is 32.1. The largest absolute Gasteiger partial charge is 0.544 e. The van der Waals surface area contributed by atoms with Crippen LogP contribution in [0.4, 0.5) is 0 Å². The van der Waals surface area contributed by atoms with Gasteiger partial charge in [-0.25, -0.2) is 0 Å². The first-order valence-corrected chi connectivity index (χ1v) is 5.49. The van der Waals surface area contributed by atoms with Crippen LogP contribution in [0.2, 0.25) is 0 Å². The first-order valence-electron chi connectivity index (χ1n) is 4.68. The summed E-state index contributed by atoms with van der Waals surface area (Å²) in [7, 11) is 0. The third-order valence-corrected chi connectivity index (χ3v) is 3.46. The maximum absolute atomic E-state index is 10.6. The summed E-state index contributed by atoms with van der Waals surface area (Å²) < 4.78 is 2.92. The zero-order valence-corrected chi connectivity index (χ0v) is 9.43. The standard InChI is InChI=1S/C11H11NO2S/c1-7-4-3-5-9-11(7)12(6-10(13)14)8(2)15-9/h3-5H,6H2,1-2H3. The Morgan fingerprint density at radius 3 is 2.87 bits per heavy atom. The van der Waals surface area contributed by atoms with E-state index in [-0.39, 0.29) is 6.54 Å². The van der Waals surface area contributed by atoms with Crippen molar-refractivity contribution in [2.75, 3.05) is 0 Å². The van der Waals surface area contributed by atoms with Gasteiger partial charge < -0.3 is 9.90 Å². The predicted octanol–water partition coefficient (Wildman–Crippen LogP) is 0.556. The fourth-order valence-electron chi connectivity index (χ4n) is 1.75. The van der Waals surface area contributed by atoms with E-state index in [9.17, 15) is 9.90 Å². The third-order valence-electron chi connectivity index (χ3n) is 2.40. The van der Waals surface area contributed by atoms with Gasteiger partial charge in [0.1, 0.15) is 10.7 Å². The number of carboxylic acid groups (broad SMARTS) is 1. The van der Waals surface area contributed by atoms with Gasteiger partial charge in [-0.05, 0) is 13.0 Å². The fourth-order valence-corrected chi connectivity index (χ4v) is 2.85. The number of hydrogen-bond donors (Lipinski definition) is 0. The number of carbonyl (C=O) groups is 1. The van der Waals surface area contributed by atoms with Crippen LogP contribution >= 0.6 is 11.3 Å². The number of carbonyl (C=O) groups excluding carboxylic acids is 1. The summed E-state index contributed by atoms with van der Waals surface area (Å²) >= 11 is 1.61. The molecule has 0 saturated carbocycles. The van der Waals surface area contributed by atoms with E-state index in [0.717, 1.165) is 20.8 Å². The van der Waals surface area contributed by atoms with E-state index >= 15 is 0 Å². The average molecular weight is 221 g/mol. The summed E-state index contributed by atoms with van der Waals surface area (Å²) in [6, 6.07) is 5.98. The van der Waals surface area contributed by atoms with Crippen LogP contribution in [0.15, 0.2) is 18.2 Å². The van der Waals surface area contributed by atoms with Crippen molar-refractivity contribution in [3.8, 4) is 0 Å². The molecule has 2 rings (SSSR count). The Morgan fingerprint density at radius 1 is 1.47 bits per heavy atom. The van der Waals surface area contributed by atoms with Crippen molar-refractivity contribution >= 4 is 27.5 Å². The summed E-state index contributed by atoms with van der Waals surface area (Å²) in [6.45, 7) is 3.84. The van der Waals surface area contributed by atoms with E-state index in [0.29, 0.717) is 0 Å². The molecule has 0 unspecified atom stereocenters. The van der Waals surface area contributed by atoms with Crippen molar-refractivity contribution in [1.82, 2.24) is 0 Å². The zero-order chi connectivity index (χ0) is 11.0. The number of carboxylic acids is 1. The fraction of sp³-hybridized carbons (Fsp3) is 0.273. The van der Waals surface area contributed by atoms with E-state index < -0.39 is 5.97 Å². The van der Waals surface area contributed by atoms with Crippen molar-refractivity contribution in [1.29, 1.82) is 0 Å². The molecule has 0 N–H and O–H groups in total. The minimum atomic E-state index is -1.05. The third kappa shape index (κ3) is 1.72. The highest BCUT2D eigenvalue weighted by molar-refractivity contribution is 7.18. The van der Waals surface area contributed by atoms with E-state index in [1.807, 2.05) is 32.0 Å². The first-order chi connectivity index (χ1) is 7.09. The molecule has 2 aromatic rings. The van der Waals surface area contributed by atoms with Crippen molar-refractivity contribution < 1.29 is 14.5 Å². The molecule has 0 amide bonds. The number of aromatic nitrogens is 1. The molecule has 15 heavy (non-hydrogen) atoms. The predicted molar refractivity (Wildman–Crippen MR) is 56.5 cm³/mol. The molecule has 0 radical (unpaired) electrons. The van der Waals surface area contributed by atoms with Gasteiger partial charge in [0.05, 0.1) is 0 Å². The highest BCUT2D eigenvalue weighted by Gasteiger charge is 2.18. The number of rotatable bonds is 2. The number of nitrogens with zero attached hydrogens (tertiary/aromatic N) is 1. The van der Waals surface area contributed by atoms with Gasteiger partial charge in [-0.1, -0.05) is 23.5 Å². The number of benzene rings is 1. The van der Waals surface area contributed by atoms with Crippen LogP contribution in [-0.4, -0.2) is 5.97 Å². The minimum absolute atomic E-state index is 0.0727. The molecule has 0 aliphatic carbocycles. The number of fused-ring (bicyclic) bond motifs is 1. The van der Waals surface area contributed by atoms with Crippen LogP contribution in [0, 0.1) is 13.8 Å². The summed E-state index contributed by atoms with van der Waals surface area (Å²) in [5.41, 5.74) is 2.10. The lowest BCUT2D eigenvalue weighted by molar-refractivity contribution is -0.667. The molecule has 0 fully saturated rings. The molecular formula is C11H11NO2S. The number of hydrogen-bond acceptors (Lipinski definition) is 3. The van der Waals surface area contributed by atoms with Gasteiger partial charge in [0.15, 0.2) is 6.54 Å². The Labute approximate surface area is 91.6 Å². The number of aryl methyl sites for hydroxylation is 2. The molecule has 0 aliphatic heterocycles. The smallest absolute Gasteiger partial charge is 0.235 e. The molecule has 1 aromatic heterocycles. The molecule has 4 heteroatoms. The SMILES string of the molecule is Cc1cccc2sc(C)[n+](CC(=O)[O-])c12. The molecule has 0 atom stereocenters. The van der Waals surface area contributed by atoms with Crippen molar-refractivity contribution in [3.63, 3.8) is 0 Å². The molecule has 78 valence electrons. The topological polar surface area (TPSA) is 44.0 Å². The normalized spacial score (nSPS) is 10.8. The zero-order valence-electron chi connectivity index (χ0n) is 8.61. The summed E-state index contributed by atoms with van der Waals surface area (Å²) in [4.78, 5) is 10.6. The van der Waals surface area contributed by atoms with E-state index in [1.54, 1.807) is 15.9 Å². The van der Waals surface area contributed by atoms with Crippen molar-refractivity contribution in [2.24, 2.45) is 0 Å². The summed E-state index contributed by atoms with van der Waals surface area (Å²) in [6.07, 6.45) is 0. The molecule has 0 spiro atoms. The van der Waals surface area contributed by atoms with E-state index in [1.165, 1.54) is 0 Å². The summed E-state index contributed by atoms with van der Waals surface area (Å²) in [5, 5.41) is 11.6. The van der Waals surface area contributed by atoms with Gasteiger partial charge in [-0.2, -0.15) is 4.57 Å². The lowest BCUT2D eigenvalue weighted by Gasteiger charge is -1.99. The monoisotopic (exact) mass is 221 g/mol. The molecule has 3 nitrogen and oxygen atoms in total. The Morgan fingerprint density at radius 2 is 2.20 bits per heavy atom. The highest BCUT2D eigenvalue weighted by Crippen LogP contribution is 2.22. The molecule has 0 saturated heterocycles. The first kappa shape index (κ1) is 10.1. The quantitative estimate of drug-likeness (QED) is 0.695. The van der Waals surface area contributed by atoms with Crippen LogP contribution in [0.1, 0.15) is 10.6 Å². The molecule has 0 bridgehead atoms. The van der Waals surface area contributed by atoms with E-state index in [2.05, 4.69) is 0 Å². The van der Waals surface area contributed by atoms with Crippen molar-refractivity contribution in [2.45, 2.75) is 20.4 Å². The van der Waals surface area contributed by atoms with Crippen molar-refractivity contribution in [3.05, 3.63) is 28.8 Å². The van der Waals surface area contributed by atoms with Crippen LogP contribution in [-0.2, 0) is 11.3 Å². The lowest BCUT2D eigenvalue weighted by Crippen LogP contribution is -2.45. The molecule has 1 aromatic carbocycles. The van der Waals surface area contributed by atoms with Crippen LogP contribution in [0.25, 0.3) is 10.2 Å². The van der Waals surface area contributed by atoms with Crippen LogP contribution in [0.5, 0.6) is 0 Å². The minimum Gasteiger partial charge on any atom is -0.544 e. The number of thiazole rings is 1. The second-order valence-corrected chi connectivity index (χ2v) is 4.74.